The summed E-state index contributed by atoms with van der Waals surface area (Å²) in [6, 6.07) is 11.4. The minimum absolute atomic E-state index is 0.398. The van der Waals surface area contributed by atoms with Gasteiger partial charge in [0.1, 0.15) is 5.75 Å². The molecule has 0 fully saturated rings. The van der Waals surface area contributed by atoms with Crippen molar-refractivity contribution in [1.82, 2.24) is 4.98 Å². The number of methoxy groups -OCH3 is 1. The zero-order valence-corrected chi connectivity index (χ0v) is 14.5. The van der Waals surface area contributed by atoms with Gasteiger partial charge in [-0.15, -0.1) is 0 Å². The van der Waals surface area contributed by atoms with E-state index in [0.717, 1.165) is 22.4 Å². The van der Waals surface area contributed by atoms with Gasteiger partial charge in [-0.2, -0.15) is 0 Å². The molecule has 0 saturated carbocycles. The van der Waals surface area contributed by atoms with Crippen molar-refractivity contribution in [3.05, 3.63) is 77.2 Å². The van der Waals surface area contributed by atoms with Crippen LogP contribution in [0.3, 0.4) is 0 Å². The molecular weight excluding hydrogens is 315 g/mol. The lowest BCUT2D eigenvalue weighted by Crippen LogP contribution is -2.08. The molecule has 1 heterocycles. The number of hydrogen-bond acceptors (Lipinski definition) is 3. The quantitative estimate of drug-likeness (QED) is 0.642. The smallest absolute Gasteiger partial charge is 0.151 e. The Labute approximate surface area is 146 Å². The summed E-state index contributed by atoms with van der Waals surface area (Å²) in [4.78, 5) is 8.56. The van der Waals surface area contributed by atoms with Gasteiger partial charge in [-0.3, -0.25) is 9.98 Å². The van der Waals surface area contributed by atoms with Crippen LogP contribution in [0.1, 0.15) is 22.3 Å². The lowest BCUT2D eigenvalue weighted by molar-refractivity contribution is 0.412. The van der Waals surface area contributed by atoms with Crippen molar-refractivity contribution in [2.45, 2.75) is 6.92 Å². The van der Waals surface area contributed by atoms with Crippen LogP contribution in [0.4, 0.5) is 4.39 Å². The monoisotopic (exact) mass is 334 g/mol. The van der Waals surface area contributed by atoms with E-state index >= 15 is 0 Å². The summed E-state index contributed by atoms with van der Waals surface area (Å²) < 4.78 is 20.1. The van der Waals surface area contributed by atoms with E-state index in [1.54, 1.807) is 20.2 Å². The second-order valence-corrected chi connectivity index (χ2v) is 5.72. The van der Waals surface area contributed by atoms with E-state index in [9.17, 15) is 4.39 Å². The van der Waals surface area contributed by atoms with Crippen molar-refractivity contribution in [3.8, 4) is 5.75 Å². The van der Waals surface area contributed by atoms with Gasteiger partial charge in [0, 0.05) is 29.6 Å². The molecule has 0 radical (unpaired) electrons. The molecule has 4 heteroatoms. The predicted molar refractivity (Wildman–Crippen MR) is 101 cm³/mol. The fourth-order valence-electron chi connectivity index (χ4n) is 2.93. The van der Waals surface area contributed by atoms with Crippen LogP contribution >= 0.6 is 0 Å². The van der Waals surface area contributed by atoms with Crippen LogP contribution in [0.15, 0.2) is 54.2 Å². The molecule has 0 spiro atoms. The van der Waals surface area contributed by atoms with Crippen molar-refractivity contribution in [2.75, 3.05) is 14.2 Å². The maximum Gasteiger partial charge on any atom is 0.151 e. The normalized spacial score (nSPS) is 11.6. The summed E-state index contributed by atoms with van der Waals surface area (Å²) in [7, 11) is 3.28. The Kier molecular flexibility index (Phi) is 4.61. The third-order valence-electron chi connectivity index (χ3n) is 4.22. The van der Waals surface area contributed by atoms with E-state index in [4.69, 9.17) is 4.74 Å². The van der Waals surface area contributed by atoms with Crippen LogP contribution in [0.5, 0.6) is 5.75 Å². The third-order valence-corrected chi connectivity index (χ3v) is 4.22. The van der Waals surface area contributed by atoms with E-state index in [1.807, 2.05) is 43.3 Å². The van der Waals surface area contributed by atoms with Crippen LogP contribution in [0.25, 0.3) is 17.0 Å². The van der Waals surface area contributed by atoms with E-state index in [-0.39, 0.29) is 0 Å². The van der Waals surface area contributed by atoms with Crippen molar-refractivity contribution in [1.29, 1.82) is 0 Å². The molecule has 3 rings (SSSR count). The van der Waals surface area contributed by atoms with Gasteiger partial charge in [-0.05, 0) is 24.1 Å². The Balaban J connectivity index is 2.26. The largest absolute Gasteiger partial charge is 0.496 e. The summed E-state index contributed by atoms with van der Waals surface area (Å²) in [6.07, 6.45) is 3.00. The molecule has 0 aliphatic heterocycles. The highest BCUT2D eigenvalue weighted by Gasteiger charge is 2.17. The maximum absolute atomic E-state index is 14.7. The van der Waals surface area contributed by atoms with Gasteiger partial charge in [0.05, 0.1) is 24.5 Å². The van der Waals surface area contributed by atoms with Crippen molar-refractivity contribution in [3.63, 3.8) is 0 Å². The molecule has 3 aromatic rings. The molecule has 0 aliphatic carbocycles. The summed E-state index contributed by atoms with van der Waals surface area (Å²) in [6.45, 7) is 5.68. The second kappa shape index (κ2) is 6.85. The minimum Gasteiger partial charge on any atom is -0.496 e. The van der Waals surface area contributed by atoms with E-state index < -0.39 is 5.82 Å². The van der Waals surface area contributed by atoms with Crippen LogP contribution < -0.4 is 4.74 Å². The van der Waals surface area contributed by atoms with E-state index in [0.29, 0.717) is 22.2 Å². The number of aromatic nitrogens is 1. The van der Waals surface area contributed by atoms with Gasteiger partial charge in [0.25, 0.3) is 0 Å². The molecule has 25 heavy (non-hydrogen) atoms. The molecule has 0 atom stereocenters. The molecule has 0 unspecified atom stereocenters. The highest BCUT2D eigenvalue weighted by molar-refractivity contribution is 6.19. The van der Waals surface area contributed by atoms with Gasteiger partial charge in [0.15, 0.2) is 5.82 Å². The fourth-order valence-corrected chi connectivity index (χ4v) is 2.93. The summed E-state index contributed by atoms with van der Waals surface area (Å²) in [5, 5.41) is 0.715. The topological polar surface area (TPSA) is 34.5 Å². The average molecular weight is 334 g/mol. The molecule has 3 nitrogen and oxygen atoms in total. The number of rotatable bonds is 4. The fraction of sp³-hybridized carbons (Fsp3) is 0.143. The molecule has 0 N–H and O–H groups in total. The van der Waals surface area contributed by atoms with E-state index in [1.165, 1.54) is 6.20 Å². The van der Waals surface area contributed by atoms with Gasteiger partial charge >= 0.3 is 0 Å². The molecule has 0 bridgehead atoms. The Morgan fingerprint density at radius 1 is 1.24 bits per heavy atom. The maximum atomic E-state index is 14.7. The third kappa shape index (κ3) is 3.03. The molecule has 126 valence electrons. The Hall–Kier alpha value is -3.01. The van der Waals surface area contributed by atoms with E-state index in [2.05, 4.69) is 16.6 Å². The number of pyridine rings is 1. The first-order valence-electron chi connectivity index (χ1n) is 7.92. The molecule has 0 aliphatic rings. The Morgan fingerprint density at radius 2 is 1.96 bits per heavy atom. The predicted octanol–water partition coefficient (Wildman–Crippen LogP) is 4.80. The SMILES string of the molecule is C=Cc1ccc(C(=NC)c2c(F)cnc3cc(OC)c(C)cc23)cc1. The lowest BCUT2D eigenvalue weighted by Gasteiger charge is -2.13. The van der Waals surface area contributed by atoms with Gasteiger partial charge < -0.3 is 4.74 Å². The van der Waals surface area contributed by atoms with Crippen molar-refractivity contribution in [2.24, 2.45) is 4.99 Å². The Morgan fingerprint density at radius 3 is 2.56 bits per heavy atom. The molecule has 2 aromatic carbocycles. The number of ether oxygens (including phenoxy) is 1. The van der Waals surface area contributed by atoms with Crippen molar-refractivity contribution < 1.29 is 9.13 Å². The first kappa shape index (κ1) is 16.8. The van der Waals surface area contributed by atoms with Gasteiger partial charge in [0.2, 0.25) is 0 Å². The molecule has 0 saturated heterocycles. The minimum atomic E-state index is -0.398. The number of aliphatic imine (C=N–C) groups is 1. The zero-order valence-electron chi connectivity index (χ0n) is 14.5. The number of fused-ring (bicyclic) bond motifs is 1. The second-order valence-electron chi connectivity index (χ2n) is 5.72. The first-order chi connectivity index (χ1) is 12.1. The van der Waals surface area contributed by atoms with Crippen molar-refractivity contribution >= 4 is 22.7 Å². The Bertz CT molecular complexity index is 975. The number of hydrogen-bond donors (Lipinski definition) is 0. The number of halogens is 1. The summed E-state index contributed by atoms with van der Waals surface area (Å²) in [5.41, 5.74) is 4.46. The van der Waals surface area contributed by atoms with Crippen LogP contribution in [-0.4, -0.2) is 24.9 Å². The number of aryl methyl sites for hydroxylation is 1. The van der Waals surface area contributed by atoms with Crippen LogP contribution in [0, 0.1) is 12.7 Å². The van der Waals surface area contributed by atoms with Crippen LogP contribution in [-0.2, 0) is 0 Å². The number of benzene rings is 2. The lowest BCUT2D eigenvalue weighted by atomic mass is 9.96. The molecule has 1 aromatic heterocycles. The molecule has 0 amide bonds. The van der Waals surface area contributed by atoms with Gasteiger partial charge in [-0.1, -0.05) is 36.9 Å². The van der Waals surface area contributed by atoms with Crippen LogP contribution in [0.2, 0.25) is 0 Å². The van der Waals surface area contributed by atoms with Gasteiger partial charge in [-0.25, -0.2) is 4.39 Å². The highest BCUT2D eigenvalue weighted by atomic mass is 19.1. The standard InChI is InChI=1S/C21H19FN2O/c1-5-14-6-8-15(9-7-14)21(23-3)20-16-10-13(2)19(25-4)11-18(16)24-12-17(20)22/h5-12H,1H2,2-4H3. The zero-order chi connectivity index (χ0) is 18.0. The first-order valence-corrected chi connectivity index (χ1v) is 7.92. The number of nitrogens with zero attached hydrogens (tertiary/aromatic N) is 2. The highest BCUT2D eigenvalue weighted by Crippen LogP contribution is 2.29. The summed E-state index contributed by atoms with van der Waals surface area (Å²) in [5.74, 6) is 0.327. The average Bonchev–Trinajstić information content (AvgIpc) is 2.64. The molecular formula is C21H19FN2O. The summed E-state index contributed by atoms with van der Waals surface area (Å²) >= 11 is 0.